The average molecular weight is 333 g/mol. The van der Waals surface area contributed by atoms with Gasteiger partial charge in [-0.25, -0.2) is 4.79 Å². The summed E-state index contributed by atoms with van der Waals surface area (Å²) >= 11 is 0. The maximum atomic E-state index is 12.8. The molecule has 3 heterocycles. The Bertz CT molecular complexity index is 675. The predicted molar refractivity (Wildman–Crippen MR) is 80.8 cm³/mol. The largest absolute Gasteiger partial charge is 0.435 e. The van der Waals surface area contributed by atoms with Crippen LogP contribution in [0.3, 0.4) is 0 Å². The molecule has 3 aliphatic heterocycles. The molecule has 7 nitrogen and oxygen atoms in total. The van der Waals surface area contributed by atoms with Crippen LogP contribution in [-0.2, 0) is 30.3 Å². The van der Waals surface area contributed by atoms with Gasteiger partial charge in [0.15, 0.2) is 11.9 Å². The van der Waals surface area contributed by atoms with Crippen LogP contribution < -0.4 is 0 Å². The van der Waals surface area contributed by atoms with Crippen molar-refractivity contribution >= 4 is 11.9 Å². The van der Waals surface area contributed by atoms with Gasteiger partial charge in [0.2, 0.25) is 5.78 Å². The first-order chi connectivity index (χ1) is 11.4. The highest BCUT2D eigenvalue weighted by Gasteiger charge is 2.62. The molecule has 1 amide bonds. The van der Waals surface area contributed by atoms with Crippen molar-refractivity contribution in [3.8, 4) is 0 Å². The van der Waals surface area contributed by atoms with Crippen LogP contribution >= 0.6 is 0 Å². The van der Waals surface area contributed by atoms with E-state index in [0.717, 1.165) is 5.56 Å². The minimum absolute atomic E-state index is 0.00170. The van der Waals surface area contributed by atoms with E-state index in [2.05, 4.69) is 0 Å². The third kappa shape index (κ3) is 2.40. The number of hydrogen-bond acceptors (Lipinski definition) is 6. The van der Waals surface area contributed by atoms with Gasteiger partial charge in [-0.05, 0) is 19.4 Å². The summed E-state index contributed by atoms with van der Waals surface area (Å²) in [5.74, 6) is -2.78. The van der Waals surface area contributed by atoms with Gasteiger partial charge in [-0.2, -0.15) is 0 Å². The Balaban J connectivity index is 1.54. The Labute approximate surface area is 139 Å². The lowest BCUT2D eigenvalue weighted by atomic mass is 9.97. The van der Waals surface area contributed by atoms with Crippen LogP contribution in [0.15, 0.2) is 30.3 Å². The van der Waals surface area contributed by atoms with Crippen LogP contribution in [0.1, 0.15) is 19.4 Å². The van der Waals surface area contributed by atoms with E-state index in [1.807, 2.05) is 30.3 Å². The fourth-order valence-corrected chi connectivity index (χ4v) is 3.35. The predicted octanol–water partition coefficient (Wildman–Crippen LogP) is 1.45. The van der Waals surface area contributed by atoms with Crippen LogP contribution in [0.2, 0.25) is 0 Å². The first-order valence-electron chi connectivity index (χ1n) is 7.94. The van der Waals surface area contributed by atoms with Crippen molar-refractivity contribution in [3.05, 3.63) is 35.9 Å². The fourth-order valence-electron chi connectivity index (χ4n) is 3.35. The zero-order valence-electron chi connectivity index (χ0n) is 13.6. The number of nitrogens with zero attached hydrogens (tertiary/aromatic N) is 1. The quantitative estimate of drug-likeness (QED) is 0.816. The second-order valence-electron chi connectivity index (χ2n) is 6.70. The molecule has 0 radical (unpaired) electrons. The molecule has 0 saturated carbocycles. The Morgan fingerprint density at radius 2 is 1.92 bits per heavy atom. The molecule has 3 aliphatic rings. The van der Waals surface area contributed by atoms with Gasteiger partial charge in [0.05, 0.1) is 6.61 Å². The molecule has 1 aromatic rings. The highest BCUT2D eigenvalue weighted by Crippen LogP contribution is 2.39. The third-order valence-corrected chi connectivity index (χ3v) is 4.55. The van der Waals surface area contributed by atoms with E-state index in [1.54, 1.807) is 13.8 Å². The molecular weight excluding hydrogens is 314 g/mol. The highest BCUT2D eigenvalue weighted by molar-refractivity contribution is 5.95. The molecule has 3 saturated heterocycles. The number of hydrogen-bond donors (Lipinski definition) is 0. The molecule has 24 heavy (non-hydrogen) atoms. The van der Waals surface area contributed by atoms with E-state index in [-0.39, 0.29) is 13.2 Å². The Kier molecular flexibility index (Phi) is 3.42. The van der Waals surface area contributed by atoms with Gasteiger partial charge in [-0.1, -0.05) is 30.3 Å². The number of ketones is 1. The smallest absolute Gasteiger partial charge is 0.411 e. The van der Waals surface area contributed by atoms with Gasteiger partial charge in [-0.15, -0.1) is 0 Å². The maximum Gasteiger partial charge on any atom is 0.411 e. The van der Waals surface area contributed by atoms with Crippen LogP contribution in [-0.4, -0.2) is 53.7 Å². The number of rotatable bonds is 2. The number of benzene rings is 1. The number of Topliss-reactive ketones (excluding diaryl/α,β-unsaturated/α-hetero) is 1. The summed E-state index contributed by atoms with van der Waals surface area (Å²) < 4.78 is 22.2. The first-order valence-corrected chi connectivity index (χ1v) is 7.94. The molecule has 0 unspecified atom stereocenters. The molecule has 1 aromatic carbocycles. The van der Waals surface area contributed by atoms with E-state index < -0.39 is 35.6 Å². The second-order valence-corrected chi connectivity index (χ2v) is 6.70. The molecule has 0 N–H and O–H groups in total. The molecule has 1 spiro atoms. The third-order valence-electron chi connectivity index (χ3n) is 4.55. The summed E-state index contributed by atoms with van der Waals surface area (Å²) in [6, 6.07) is 9.09. The summed E-state index contributed by atoms with van der Waals surface area (Å²) in [7, 11) is 0. The molecule has 3 atom stereocenters. The number of carbonyl (C=O) groups excluding carboxylic acids is 2. The molecule has 0 aliphatic carbocycles. The molecule has 0 aromatic heterocycles. The van der Waals surface area contributed by atoms with Gasteiger partial charge in [-0.3, -0.25) is 9.69 Å². The van der Waals surface area contributed by atoms with Crippen LogP contribution in [0, 0.1) is 0 Å². The van der Waals surface area contributed by atoms with E-state index in [1.165, 1.54) is 4.90 Å². The topological polar surface area (TPSA) is 74.3 Å². The van der Waals surface area contributed by atoms with E-state index in [4.69, 9.17) is 18.9 Å². The zero-order chi connectivity index (χ0) is 16.9. The van der Waals surface area contributed by atoms with Crippen molar-refractivity contribution in [2.45, 2.75) is 44.1 Å². The van der Waals surface area contributed by atoms with Crippen molar-refractivity contribution in [2.24, 2.45) is 0 Å². The van der Waals surface area contributed by atoms with Gasteiger partial charge >= 0.3 is 6.09 Å². The SMILES string of the molecule is CC1(C)OC[C@]2(OC[C@@H]3[C@@H](OC(=O)N3Cc3ccccc3)C2=O)O1. The maximum absolute atomic E-state index is 12.8. The Hall–Kier alpha value is -1.96. The summed E-state index contributed by atoms with van der Waals surface area (Å²) in [5.41, 5.74) is 0.962. The molecule has 3 fully saturated rings. The fraction of sp³-hybridized carbons (Fsp3) is 0.529. The van der Waals surface area contributed by atoms with Crippen molar-refractivity contribution in [3.63, 3.8) is 0 Å². The van der Waals surface area contributed by atoms with Crippen molar-refractivity contribution in [2.75, 3.05) is 13.2 Å². The molecule has 7 heteroatoms. The number of ether oxygens (including phenoxy) is 4. The molecule has 0 bridgehead atoms. The average Bonchev–Trinajstić information content (AvgIpc) is 3.03. The summed E-state index contributed by atoms with van der Waals surface area (Å²) in [5, 5.41) is 0. The normalized spacial score (nSPS) is 34.5. The minimum Gasteiger partial charge on any atom is -0.435 e. The second kappa shape index (κ2) is 5.27. The Morgan fingerprint density at radius 1 is 1.17 bits per heavy atom. The standard InChI is InChI=1S/C17H19NO6/c1-16(2)22-10-17(24-16)14(19)13-12(9-21-17)18(15(20)23-13)8-11-6-4-3-5-7-11/h3-7,12-13H,8-10H2,1-2H3/t12-,13-,17+/m1/s1. The summed E-state index contributed by atoms with van der Waals surface area (Å²) in [4.78, 5) is 26.6. The van der Waals surface area contributed by atoms with Gasteiger partial charge in [0.1, 0.15) is 12.6 Å². The van der Waals surface area contributed by atoms with E-state index in [0.29, 0.717) is 6.54 Å². The van der Waals surface area contributed by atoms with E-state index in [9.17, 15) is 9.59 Å². The van der Waals surface area contributed by atoms with Crippen molar-refractivity contribution in [1.29, 1.82) is 0 Å². The lowest BCUT2D eigenvalue weighted by Crippen LogP contribution is -2.60. The number of fused-ring (bicyclic) bond motifs is 1. The summed E-state index contributed by atoms with van der Waals surface area (Å²) in [6.07, 6.45) is -1.41. The Morgan fingerprint density at radius 3 is 2.58 bits per heavy atom. The lowest BCUT2D eigenvalue weighted by Gasteiger charge is -2.37. The van der Waals surface area contributed by atoms with Gasteiger partial charge in [0.25, 0.3) is 5.79 Å². The van der Waals surface area contributed by atoms with Crippen LogP contribution in [0.25, 0.3) is 0 Å². The number of amides is 1. The molecular formula is C17H19NO6. The lowest BCUT2D eigenvalue weighted by molar-refractivity contribution is -0.260. The monoisotopic (exact) mass is 333 g/mol. The minimum atomic E-state index is -1.48. The van der Waals surface area contributed by atoms with E-state index >= 15 is 0 Å². The zero-order valence-corrected chi connectivity index (χ0v) is 13.6. The summed E-state index contributed by atoms with van der Waals surface area (Å²) in [6.45, 7) is 3.96. The number of carbonyl (C=O) groups is 2. The molecule has 128 valence electrons. The van der Waals surface area contributed by atoms with Gasteiger partial charge in [0, 0.05) is 6.54 Å². The van der Waals surface area contributed by atoms with Crippen molar-refractivity contribution < 1.29 is 28.5 Å². The van der Waals surface area contributed by atoms with Crippen LogP contribution in [0.4, 0.5) is 4.79 Å². The van der Waals surface area contributed by atoms with Crippen LogP contribution in [0.5, 0.6) is 0 Å². The van der Waals surface area contributed by atoms with Crippen molar-refractivity contribution in [1.82, 2.24) is 4.90 Å². The highest BCUT2D eigenvalue weighted by atomic mass is 16.8. The first kappa shape index (κ1) is 15.6. The van der Waals surface area contributed by atoms with Gasteiger partial charge < -0.3 is 18.9 Å². The molecule has 4 rings (SSSR count).